The third-order valence-electron chi connectivity index (χ3n) is 3.78. The summed E-state index contributed by atoms with van der Waals surface area (Å²) in [5.74, 6) is -0.533. The van der Waals surface area contributed by atoms with Crippen LogP contribution in [0.25, 0.3) is 0 Å². The van der Waals surface area contributed by atoms with Crippen LogP contribution in [0, 0.1) is 5.82 Å². The maximum atomic E-state index is 13.0. The van der Waals surface area contributed by atoms with E-state index in [1.165, 1.54) is 24.3 Å². The lowest BCUT2D eigenvalue weighted by molar-refractivity contribution is 0.0986. The van der Waals surface area contributed by atoms with Crippen LogP contribution in [0.1, 0.15) is 34.9 Å². The molecule has 0 aromatic heterocycles. The van der Waals surface area contributed by atoms with Crippen molar-refractivity contribution in [2.24, 2.45) is 0 Å². The molecule has 4 heteroatoms. The highest BCUT2D eigenvalue weighted by Crippen LogP contribution is 2.33. The number of nitrogens with zero attached hydrogens (tertiary/aromatic N) is 1. The number of amides is 1. The van der Waals surface area contributed by atoms with Crippen LogP contribution in [-0.4, -0.2) is 17.6 Å². The smallest absolute Gasteiger partial charge is 0.258 e. The summed E-state index contributed by atoms with van der Waals surface area (Å²) in [5, 5.41) is 10.2. The molecule has 0 spiro atoms. The van der Waals surface area contributed by atoms with E-state index in [0.717, 1.165) is 17.7 Å². The zero-order valence-electron chi connectivity index (χ0n) is 11.5. The molecule has 108 valence electrons. The van der Waals surface area contributed by atoms with E-state index in [1.54, 1.807) is 4.90 Å². The maximum absolute atomic E-state index is 13.0. The molecular weight excluding hydrogens is 269 g/mol. The zero-order valence-corrected chi connectivity index (χ0v) is 11.5. The Bertz CT molecular complexity index is 654. The van der Waals surface area contributed by atoms with Crippen molar-refractivity contribution in [3.05, 3.63) is 65.5 Å². The highest BCUT2D eigenvalue weighted by Gasteiger charge is 2.25. The van der Waals surface area contributed by atoms with Crippen molar-refractivity contribution in [3.63, 3.8) is 0 Å². The first-order valence-corrected chi connectivity index (χ1v) is 7.01. The number of hydrogen-bond acceptors (Lipinski definition) is 2. The van der Waals surface area contributed by atoms with Gasteiger partial charge < -0.3 is 10.0 Å². The van der Waals surface area contributed by atoms with Crippen LogP contribution in [0.2, 0.25) is 0 Å². The predicted octanol–water partition coefficient (Wildman–Crippen LogP) is 3.30. The minimum atomic E-state index is -0.549. The average Bonchev–Trinajstić information content (AvgIpc) is 2.67. The second-order valence-corrected chi connectivity index (χ2v) is 5.18. The summed E-state index contributed by atoms with van der Waals surface area (Å²) < 4.78 is 13.0. The van der Waals surface area contributed by atoms with E-state index < -0.39 is 6.10 Å². The second-order valence-electron chi connectivity index (χ2n) is 5.18. The van der Waals surface area contributed by atoms with Gasteiger partial charge in [0.25, 0.3) is 5.91 Å². The van der Waals surface area contributed by atoms with Gasteiger partial charge in [0.15, 0.2) is 0 Å². The Morgan fingerprint density at radius 1 is 1.14 bits per heavy atom. The Balaban J connectivity index is 1.99. The maximum Gasteiger partial charge on any atom is 0.258 e. The average molecular weight is 285 g/mol. The van der Waals surface area contributed by atoms with E-state index in [-0.39, 0.29) is 11.7 Å². The van der Waals surface area contributed by atoms with Crippen LogP contribution in [-0.2, 0) is 0 Å². The number of fused-ring (bicyclic) bond motifs is 1. The number of anilines is 1. The second kappa shape index (κ2) is 5.66. The van der Waals surface area contributed by atoms with Gasteiger partial charge in [0.2, 0.25) is 0 Å². The molecule has 1 aliphatic heterocycles. The van der Waals surface area contributed by atoms with Gasteiger partial charge in [-0.3, -0.25) is 4.79 Å². The summed E-state index contributed by atoms with van der Waals surface area (Å²) in [6.07, 6.45) is 0.805. The van der Waals surface area contributed by atoms with E-state index in [9.17, 15) is 14.3 Å². The summed E-state index contributed by atoms with van der Waals surface area (Å²) in [7, 11) is 0. The molecule has 2 aromatic carbocycles. The molecule has 1 amide bonds. The lowest BCUT2D eigenvalue weighted by atomic mass is 10.0. The number of benzene rings is 2. The number of aliphatic hydroxyl groups excluding tert-OH is 1. The Morgan fingerprint density at radius 3 is 2.62 bits per heavy atom. The standard InChI is InChI=1S/C17H16FNO2/c18-13-9-7-12(8-10-13)17(21)19-11-3-6-16(20)14-4-1-2-5-15(14)19/h1-2,4-5,7-10,16,20H,3,6,11H2. The molecule has 0 bridgehead atoms. The Hall–Kier alpha value is -2.20. The normalized spacial score (nSPS) is 18.0. The van der Waals surface area contributed by atoms with Gasteiger partial charge in [-0.15, -0.1) is 0 Å². The van der Waals surface area contributed by atoms with Crippen molar-refractivity contribution < 1.29 is 14.3 Å². The summed E-state index contributed by atoms with van der Waals surface area (Å²) in [5.41, 5.74) is 1.95. The molecule has 0 radical (unpaired) electrons. The molecule has 1 aliphatic rings. The fourth-order valence-corrected chi connectivity index (χ4v) is 2.69. The first kappa shape index (κ1) is 13.8. The van der Waals surface area contributed by atoms with E-state index >= 15 is 0 Å². The molecular formula is C17H16FNO2. The van der Waals surface area contributed by atoms with Crippen molar-refractivity contribution in [3.8, 4) is 0 Å². The van der Waals surface area contributed by atoms with E-state index in [4.69, 9.17) is 0 Å². The number of carbonyl (C=O) groups is 1. The fraction of sp³-hybridized carbons (Fsp3) is 0.235. The van der Waals surface area contributed by atoms with Crippen LogP contribution in [0.5, 0.6) is 0 Å². The van der Waals surface area contributed by atoms with Crippen molar-refractivity contribution in [2.45, 2.75) is 18.9 Å². The lowest BCUT2D eigenvalue weighted by Crippen LogP contribution is -2.31. The SMILES string of the molecule is O=C(c1ccc(F)cc1)N1CCCC(O)c2ccccc21. The summed E-state index contributed by atoms with van der Waals surface area (Å²) >= 11 is 0. The third kappa shape index (κ3) is 2.67. The molecule has 1 unspecified atom stereocenters. The molecule has 1 heterocycles. The Labute approximate surface area is 122 Å². The van der Waals surface area contributed by atoms with Crippen LogP contribution in [0.15, 0.2) is 48.5 Å². The van der Waals surface area contributed by atoms with Crippen molar-refractivity contribution >= 4 is 11.6 Å². The Morgan fingerprint density at radius 2 is 1.86 bits per heavy atom. The third-order valence-corrected chi connectivity index (χ3v) is 3.78. The summed E-state index contributed by atoms with van der Waals surface area (Å²) in [6.45, 7) is 0.546. The molecule has 1 N–H and O–H groups in total. The number of hydrogen-bond donors (Lipinski definition) is 1. The van der Waals surface area contributed by atoms with Gasteiger partial charge in [-0.2, -0.15) is 0 Å². The topological polar surface area (TPSA) is 40.5 Å². The van der Waals surface area contributed by atoms with Crippen molar-refractivity contribution in [1.82, 2.24) is 0 Å². The largest absolute Gasteiger partial charge is 0.388 e. The number of rotatable bonds is 1. The number of aliphatic hydroxyl groups is 1. The van der Waals surface area contributed by atoms with Gasteiger partial charge in [0.05, 0.1) is 6.10 Å². The van der Waals surface area contributed by atoms with Gasteiger partial charge in [0.1, 0.15) is 5.82 Å². The molecule has 0 aliphatic carbocycles. The molecule has 3 rings (SSSR count). The summed E-state index contributed by atoms with van der Waals surface area (Å²) in [6, 6.07) is 12.9. The zero-order chi connectivity index (χ0) is 14.8. The first-order chi connectivity index (χ1) is 10.2. The van der Waals surface area contributed by atoms with Gasteiger partial charge in [-0.25, -0.2) is 4.39 Å². The number of carbonyl (C=O) groups excluding carboxylic acids is 1. The van der Waals surface area contributed by atoms with Crippen molar-refractivity contribution in [1.29, 1.82) is 0 Å². The highest BCUT2D eigenvalue weighted by atomic mass is 19.1. The molecule has 0 saturated carbocycles. The monoisotopic (exact) mass is 285 g/mol. The van der Waals surface area contributed by atoms with E-state index in [0.29, 0.717) is 18.5 Å². The molecule has 21 heavy (non-hydrogen) atoms. The fourth-order valence-electron chi connectivity index (χ4n) is 2.69. The van der Waals surface area contributed by atoms with Gasteiger partial charge in [-0.05, 0) is 43.2 Å². The molecule has 0 fully saturated rings. The van der Waals surface area contributed by atoms with Crippen molar-refractivity contribution in [2.75, 3.05) is 11.4 Å². The molecule has 2 aromatic rings. The Kier molecular flexibility index (Phi) is 3.71. The van der Waals surface area contributed by atoms with Crippen LogP contribution >= 0.6 is 0 Å². The minimum Gasteiger partial charge on any atom is -0.388 e. The minimum absolute atomic E-state index is 0.170. The van der Waals surface area contributed by atoms with Gasteiger partial charge in [-0.1, -0.05) is 18.2 Å². The van der Waals surface area contributed by atoms with Crippen LogP contribution in [0.3, 0.4) is 0 Å². The number of halogens is 1. The van der Waals surface area contributed by atoms with E-state index in [2.05, 4.69) is 0 Å². The van der Waals surface area contributed by atoms with Gasteiger partial charge >= 0.3 is 0 Å². The molecule has 0 saturated heterocycles. The molecule has 3 nitrogen and oxygen atoms in total. The lowest BCUT2D eigenvalue weighted by Gasteiger charge is -2.23. The quantitative estimate of drug-likeness (QED) is 0.873. The van der Waals surface area contributed by atoms with Crippen LogP contribution < -0.4 is 4.90 Å². The highest BCUT2D eigenvalue weighted by molar-refractivity contribution is 6.06. The van der Waals surface area contributed by atoms with Crippen LogP contribution in [0.4, 0.5) is 10.1 Å². The first-order valence-electron chi connectivity index (χ1n) is 7.01. The van der Waals surface area contributed by atoms with Gasteiger partial charge in [0, 0.05) is 23.4 Å². The predicted molar refractivity (Wildman–Crippen MR) is 78.7 cm³/mol. The number of para-hydroxylation sites is 1. The molecule has 1 atom stereocenters. The summed E-state index contributed by atoms with van der Waals surface area (Å²) in [4.78, 5) is 14.3. The van der Waals surface area contributed by atoms with E-state index in [1.807, 2.05) is 24.3 Å².